The number of anilines is 2. The van der Waals surface area contributed by atoms with Gasteiger partial charge < -0.3 is 20.1 Å². The van der Waals surface area contributed by atoms with Gasteiger partial charge in [0.1, 0.15) is 11.9 Å². The molecule has 0 radical (unpaired) electrons. The maximum Gasteiger partial charge on any atom is 0.414 e. The van der Waals surface area contributed by atoms with Crippen LogP contribution in [0.3, 0.4) is 0 Å². The molecule has 0 unspecified atom stereocenters. The van der Waals surface area contributed by atoms with E-state index in [1.54, 1.807) is 24.3 Å². The van der Waals surface area contributed by atoms with Gasteiger partial charge in [-0.3, -0.25) is 9.45 Å². The van der Waals surface area contributed by atoms with Crippen LogP contribution in [0.2, 0.25) is 0 Å². The molecule has 32 heavy (non-hydrogen) atoms. The molecule has 2 aromatic carbocycles. The van der Waals surface area contributed by atoms with Gasteiger partial charge in [-0.05, 0) is 37.3 Å². The van der Waals surface area contributed by atoms with Gasteiger partial charge in [0, 0.05) is 19.6 Å². The predicted octanol–water partition coefficient (Wildman–Crippen LogP) is 2.19. The fourth-order valence-corrected chi connectivity index (χ4v) is 3.77. The van der Waals surface area contributed by atoms with E-state index in [0.717, 1.165) is 5.56 Å². The fraction of sp³-hybridized carbons (Fsp3) is 0.381. The summed E-state index contributed by atoms with van der Waals surface area (Å²) in [6.45, 7) is 4.97. The van der Waals surface area contributed by atoms with E-state index < -0.39 is 16.2 Å². The summed E-state index contributed by atoms with van der Waals surface area (Å²) in [6, 6.07) is 10.8. The van der Waals surface area contributed by atoms with Gasteiger partial charge in [-0.2, -0.15) is 8.42 Å². The summed E-state index contributed by atoms with van der Waals surface area (Å²) >= 11 is 0. The van der Waals surface area contributed by atoms with Crippen LogP contribution in [0.4, 0.5) is 20.6 Å². The topological polar surface area (TPSA) is 122 Å². The Bertz CT molecular complexity index is 1040. The Kier molecular flexibility index (Phi) is 7.67. The summed E-state index contributed by atoms with van der Waals surface area (Å²) in [7, 11) is -4.02. The molecule has 4 rings (SSSR count). The number of hydrogen-bond acceptors (Lipinski definition) is 7. The van der Waals surface area contributed by atoms with Crippen molar-refractivity contribution in [3.8, 4) is 0 Å². The van der Waals surface area contributed by atoms with Crippen molar-refractivity contribution in [1.82, 2.24) is 0 Å². The van der Waals surface area contributed by atoms with Crippen LogP contribution in [0.1, 0.15) is 5.56 Å². The number of ether oxygens (including phenoxy) is 2. The molecule has 2 heterocycles. The predicted molar refractivity (Wildman–Crippen MR) is 117 cm³/mol. The number of carbonyl (C=O) groups is 1. The van der Waals surface area contributed by atoms with E-state index >= 15 is 0 Å². The molecule has 9 nitrogen and oxygen atoms in total. The number of aryl methyl sites for hydroxylation is 1. The highest BCUT2D eigenvalue weighted by molar-refractivity contribution is 7.85. The Labute approximate surface area is 186 Å². The number of hydrogen-bond donors (Lipinski definition) is 2. The summed E-state index contributed by atoms with van der Waals surface area (Å²) in [4.78, 5) is 15.0. The Hall–Kier alpha value is -2.73. The number of amides is 1. The number of carbonyl (C=O) groups excluding carboxylic acids is 1. The number of halogens is 1. The van der Waals surface area contributed by atoms with Crippen molar-refractivity contribution in [2.45, 2.75) is 17.9 Å². The molecular formula is C21H26FN3O6S. The minimum atomic E-state index is -4.02. The van der Waals surface area contributed by atoms with E-state index in [4.69, 9.17) is 19.8 Å². The molecule has 174 valence electrons. The zero-order chi connectivity index (χ0) is 23.3. The molecule has 0 bridgehead atoms. The zero-order valence-corrected chi connectivity index (χ0v) is 18.4. The molecular weight excluding hydrogens is 441 g/mol. The van der Waals surface area contributed by atoms with E-state index in [2.05, 4.69) is 0 Å². The third-order valence-electron chi connectivity index (χ3n) is 5.05. The van der Waals surface area contributed by atoms with Crippen molar-refractivity contribution in [3.05, 3.63) is 53.8 Å². The van der Waals surface area contributed by atoms with Gasteiger partial charge in [0.2, 0.25) is 0 Å². The van der Waals surface area contributed by atoms with Crippen LogP contribution in [0, 0.1) is 12.7 Å². The fourth-order valence-electron chi connectivity index (χ4n) is 3.29. The quantitative estimate of drug-likeness (QED) is 0.656. The van der Waals surface area contributed by atoms with E-state index in [1.165, 1.54) is 23.1 Å². The van der Waals surface area contributed by atoms with Crippen molar-refractivity contribution >= 4 is 27.6 Å². The molecule has 11 heteroatoms. The van der Waals surface area contributed by atoms with Crippen LogP contribution in [0.5, 0.6) is 0 Å². The third kappa shape index (κ3) is 5.94. The number of nitrogens with zero attached hydrogens (tertiary/aromatic N) is 2. The monoisotopic (exact) mass is 467 g/mol. The molecule has 2 saturated heterocycles. The molecule has 0 spiro atoms. The maximum atomic E-state index is 14.3. The zero-order valence-electron chi connectivity index (χ0n) is 17.6. The van der Waals surface area contributed by atoms with Crippen molar-refractivity contribution in [2.75, 3.05) is 49.2 Å². The normalized spacial score (nSPS) is 18.8. The number of cyclic esters (lactones) is 1. The second-order valence-corrected chi connectivity index (χ2v) is 8.80. The van der Waals surface area contributed by atoms with Gasteiger partial charge in [0.15, 0.2) is 0 Å². The molecule has 0 saturated carbocycles. The lowest BCUT2D eigenvalue weighted by molar-refractivity contribution is 0.122. The highest BCUT2D eigenvalue weighted by Gasteiger charge is 2.32. The number of nitrogens with two attached hydrogens (primary N) is 1. The smallest absolute Gasteiger partial charge is 0.414 e. The summed E-state index contributed by atoms with van der Waals surface area (Å²) < 4.78 is 54.2. The largest absolute Gasteiger partial charge is 0.443 e. The van der Waals surface area contributed by atoms with Gasteiger partial charge in [-0.1, -0.05) is 17.7 Å². The second-order valence-electron chi connectivity index (χ2n) is 7.38. The first-order chi connectivity index (χ1) is 15.2. The molecule has 2 aliphatic rings. The molecule has 2 aliphatic heterocycles. The Balaban J connectivity index is 0.000000222. The SMILES string of the molecule is Cc1ccc(S(=O)(=O)O)cc1.NC[C@H]1CN(c2ccc(N3CCOCC3)c(F)c2)C(=O)O1. The molecule has 1 atom stereocenters. The van der Waals surface area contributed by atoms with E-state index in [-0.39, 0.29) is 23.4 Å². The summed E-state index contributed by atoms with van der Waals surface area (Å²) in [5, 5.41) is 0. The highest BCUT2D eigenvalue weighted by atomic mass is 32.2. The Morgan fingerprint density at radius 2 is 1.81 bits per heavy atom. The lowest BCUT2D eigenvalue weighted by atomic mass is 10.2. The Morgan fingerprint density at radius 1 is 1.16 bits per heavy atom. The van der Waals surface area contributed by atoms with Crippen LogP contribution >= 0.6 is 0 Å². The van der Waals surface area contributed by atoms with Crippen LogP contribution in [-0.4, -0.2) is 64.6 Å². The minimum absolute atomic E-state index is 0.0666. The van der Waals surface area contributed by atoms with Crippen LogP contribution in [0.15, 0.2) is 47.4 Å². The standard InChI is InChI=1S/C14H18FN3O3.C7H8O3S/c15-12-7-10(18-9-11(8-16)21-14(18)19)1-2-13(12)17-3-5-20-6-4-17;1-6-2-4-7(5-3-6)11(8,9)10/h1-2,7,11H,3-6,8-9,16H2;2-5H,1H3,(H,8,9,10)/t11-;/m0./s1. The molecule has 0 aromatic heterocycles. The molecule has 0 aliphatic carbocycles. The number of benzene rings is 2. The first-order valence-electron chi connectivity index (χ1n) is 10.0. The van der Waals surface area contributed by atoms with Crippen molar-refractivity contribution in [3.63, 3.8) is 0 Å². The molecule has 2 aromatic rings. The van der Waals surface area contributed by atoms with Gasteiger partial charge in [0.05, 0.1) is 36.0 Å². The van der Waals surface area contributed by atoms with Crippen LogP contribution < -0.4 is 15.5 Å². The lowest BCUT2D eigenvalue weighted by Crippen LogP contribution is -2.36. The van der Waals surface area contributed by atoms with E-state index in [9.17, 15) is 17.6 Å². The van der Waals surface area contributed by atoms with Gasteiger partial charge in [-0.25, -0.2) is 9.18 Å². The van der Waals surface area contributed by atoms with E-state index in [0.29, 0.717) is 44.2 Å². The van der Waals surface area contributed by atoms with E-state index in [1.807, 2.05) is 11.8 Å². The average Bonchev–Trinajstić information content (AvgIpc) is 3.15. The molecule has 2 fully saturated rings. The van der Waals surface area contributed by atoms with Crippen LogP contribution in [0.25, 0.3) is 0 Å². The summed E-state index contributed by atoms with van der Waals surface area (Å²) in [5.74, 6) is -0.349. The molecule has 1 amide bonds. The maximum absolute atomic E-state index is 14.3. The summed E-state index contributed by atoms with van der Waals surface area (Å²) in [6.07, 6.45) is -0.816. The number of rotatable bonds is 4. The van der Waals surface area contributed by atoms with Gasteiger partial charge in [0.25, 0.3) is 10.1 Å². The molecule has 3 N–H and O–H groups in total. The van der Waals surface area contributed by atoms with Crippen LogP contribution in [-0.2, 0) is 19.6 Å². The highest BCUT2D eigenvalue weighted by Crippen LogP contribution is 2.28. The lowest BCUT2D eigenvalue weighted by Gasteiger charge is -2.29. The first kappa shape index (κ1) is 23.9. The summed E-state index contributed by atoms with van der Waals surface area (Å²) in [5.41, 5.74) is 7.47. The van der Waals surface area contributed by atoms with Crippen molar-refractivity contribution in [2.24, 2.45) is 5.73 Å². The minimum Gasteiger partial charge on any atom is -0.443 e. The average molecular weight is 468 g/mol. The first-order valence-corrected chi connectivity index (χ1v) is 11.5. The number of morpholine rings is 1. The second kappa shape index (κ2) is 10.3. The van der Waals surface area contributed by atoms with Gasteiger partial charge >= 0.3 is 6.09 Å². The van der Waals surface area contributed by atoms with Gasteiger partial charge in [-0.15, -0.1) is 0 Å². The van der Waals surface area contributed by atoms with Crippen molar-refractivity contribution in [1.29, 1.82) is 0 Å². The Morgan fingerprint density at radius 3 is 2.34 bits per heavy atom. The van der Waals surface area contributed by atoms with Crippen molar-refractivity contribution < 1.29 is 31.6 Å². The third-order valence-corrected chi connectivity index (χ3v) is 5.92.